The molecule has 4 aromatic carbocycles. The molecule has 0 fully saturated rings. The van der Waals surface area contributed by atoms with Gasteiger partial charge in [-0.05, 0) is 70.1 Å². The Morgan fingerprint density at radius 1 is 0.462 bits per heavy atom. The normalized spacial score (nSPS) is 13.1. The average Bonchev–Trinajstić information content (AvgIpc) is 2.63. The van der Waals surface area contributed by atoms with Crippen LogP contribution in [0.3, 0.4) is 0 Å². The standard InChI is InChI=1S/C22H14N2O2/c23-15-3-1-11-7-17-19(9-13(11)5-15)22(26)20-10-14-6-16(24)4-2-12(14)8-18(20)21(17)25/h1-10H,23-24H2. The molecule has 1 aliphatic rings. The summed E-state index contributed by atoms with van der Waals surface area (Å²) >= 11 is 0. The maximum atomic E-state index is 13.1. The Labute approximate surface area is 149 Å². The van der Waals surface area contributed by atoms with E-state index in [0.29, 0.717) is 33.6 Å². The highest BCUT2D eigenvalue weighted by atomic mass is 16.1. The quantitative estimate of drug-likeness (QED) is 0.419. The topological polar surface area (TPSA) is 86.2 Å². The zero-order valence-electron chi connectivity index (χ0n) is 13.7. The number of fused-ring (bicyclic) bond motifs is 4. The number of hydrogen-bond donors (Lipinski definition) is 2. The summed E-state index contributed by atoms with van der Waals surface area (Å²) in [6, 6.07) is 18.0. The molecular weight excluding hydrogens is 324 g/mol. The van der Waals surface area contributed by atoms with Gasteiger partial charge in [0.1, 0.15) is 0 Å². The summed E-state index contributed by atoms with van der Waals surface area (Å²) in [5.74, 6) is -0.282. The number of rotatable bonds is 0. The number of nitrogen functional groups attached to an aromatic ring is 2. The van der Waals surface area contributed by atoms with E-state index in [2.05, 4.69) is 0 Å². The number of nitrogens with two attached hydrogens (primary N) is 2. The Balaban J connectivity index is 1.81. The molecule has 0 heterocycles. The largest absolute Gasteiger partial charge is 0.399 e. The second-order valence-electron chi connectivity index (χ2n) is 6.67. The lowest BCUT2D eigenvalue weighted by molar-refractivity contribution is 0.0979. The smallest absolute Gasteiger partial charge is 0.194 e. The third-order valence-electron chi connectivity index (χ3n) is 4.98. The highest BCUT2D eigenvalue weighted by Gasteiger charge is 2.30. The van der Waals surface area contributed by atoms with E-state index < -0.39 is 0 Å². The first kappa shape index (κ1) is 14.7. The van der Waals surface area contributed by atoms with Crippen LogP contribution >= 0.6 is 0 Å². The van der Waals surface area contributed by atoms with Gasteiger partial charge in [-0.25, -0.2) is 0 Å². The first-order valence-electron chi connectivity index (χ1n) is 8.27. The SMILES string of the molecule is Nc1ccc2cc3c(cc2c1)C(=O)c1cc2cc(N)ccc2cc1C3=O. The molecule has 0 saturated carbocycles. The van der Waals surface area contributed by atoms with E-state index in [0.717, 1.165) is 21.5 Å². The Morgan fingerprint density at radius 3 is 1.19 bits per heavy atom. The number of hydrogen-bond acceptors (Lipinski definition) is 4. The predicted octanol–water partition coefficient (Wildman–Crippen LogP) is 3.93. The van der Waals surface area contributed by atoms with Gasteiger partial charge in [-0.1, -0.05) is 12.1 Å². The number of benzene rings is 4. The third-order valence-corrected chi connectivity index (χ3v) is 4.98. The third kappa shape index (κ3) is 1.96. The summed E-state index contributed by atoms with van der Waals surface area (Å²) in [6.07, 6.45) is 0. The van der Waals surface area contributed by atoms with Crippen LogP contribution in [-0.4, -0.2) is 11.6 Å². The van der Waals surface area contributed by atoms with Crippen LogP contribution < -0.4 is 11.5 Å². The lowest BCUT2D eigenvalue weighted by Gasteiger charge is -2.19. The van der Waals surface area contributed by atoms with Crippen molar-refractivity contribution >= 4 is 44.5 Å². The van der Waals surface area contributed by atoms with Gasteiger partial charge in [0.25, 0.3) is 0 Å². The summed E-state index contributed by atoms with van der Waals surface area (Å²) < 4.78 is 0. The molecule has 26 heavy (non-hydrogen) atoms. The molecule has 1 aliphatic carbocycles. The molecule has 0 spiro atoms. The van der Waals surface area contributed by atoms with Crippen LogP contribution in [0, 0.1) is 0 Å². The summed E-state index contributed by atoms with van der Waals surface area (Å²) in [6.45, 7) is 0. The average molecular weight is 338 g/mol. The van der Waals surface area contributed by atoms with Crippen molar-refractivity contribution in [3.63, 3.8) is 0 Å². The van der Waals surface area contributed by atoms with Crippen molar-refractivity contribution in [2.45, 2.75) is 0 Å². The minimum absolute atomic E-state index is 0.132. The number of carbonyl (C=O) groups is 2. The van der Waals surface area contributed by atoms with Crippen molar-refractivity contribution in [3.8, 4) is 0 Å². The molecule has 0 saturated heterocycles. The summed E-state index contributed by atoms with van der Waals surface area (Å²) in [4.78, 5) is 26.2. The molecule has 0 radical (unpaired) electrons. The molecule has 0 aliphatic heterocycles. The van der Waals surface area contributed by atoms with Crippen molar-refractivity contribution in [3.05, 3.63) is 82.9 Å². The molecule has 0 atom stereocenters. The molecule has 0 unspecified atom stereocenters. The fourth-order valence-electron chi connectivity index (χ4n) is 3.67. The van der Waals surface area contributed by atoms with Gasteiger partial charge in [-0.15, -0.1) is 0 Å². The fraction of sp³-hybridized carbons (Fsp3) is 0. The van der Waals surface area contributed by atoms with Crippen LogP contribution in [0.25, 0.3) is 21.5 Å². The van der Waals surface area contributed by atoms with Gasteiger partial charge in [0.15, 0.2) is 11.6 Å². The van der Waals surface area contributed by atoms with Crippen molar-refractivity contribution < 1.29 is 9.59 Å². The molecule has 0 amide bonds. The van der Waals surface area contributed by atoms with Crippen molar-refractivity contribution in [1.82, 2.24) is 0 Å². The van der Waals surface area contributed by atoms with E-state index in [1.54, 1.807) is 36.4 Å². The summed E-state index contributed by atoms with van der Waals surface area (Å²) in [5, 5.41) is 3.46. The highest BCUT2D eigenvalue weighted by Crippen LogP contribution is 2.33. The molecule has 4 N–H and O–H groups in total. The van der Waals surface area contributed by atoms with Gasteiger partial charge in [-0.3, -0.25) is 9.59 Å². The second-order valence-corrected chi connectivity index (χ2v) is 6.67. The van der Waals surface area contributed by atoms with Crippen LogP contribution in [0.15, 0.2) is 60.7 Å². The predicted molar refractivity (Wildman–Crippen MR) is 104 cm³/mol. The highest BCUT2D eigenvalue weighted by molar-refractivity contribution is 6.30. The summed E-state index contributed by atoms with van der Waals surface area (Å²) in [7, 11) is 0. The molecule has 4 aromatic rings. The first-order chi connectivity index (χ1) is 12.5. The molecular formula is C22H14N2O2. The van der Waals surface area contributed by atoms with Crippen molar-refractivity contribution in [2.75, 3.05) is 11.5 Å². The maximum Gasteiger partial charge on any atom is 0.194 e. The lowest BCUT2D eigenvalue weighted by atomic mass is 9.81. The van der Waals surface area contributed by atoms with E-state index in [-0.39, 0.29) is 11.6 Å². The van der Waals surface area contributed by atoms with Gasteiger partial charge < -0.3 is 11.5 Å². The maximum absolute atomic E-state index is 13.1. The Hall–Kier alpha value is -3.66. The molecule has 4 heteroatoms. The zero-order valence-corrected chi connectivity index (χ0v) is 13.7. The minimum Gasteiger partial charge on any atom is -0.399 e. The van der Waals surface area contributed by atoms with Gasteiger partial charge in [0.05, 0.1) is 0 Å². The van der Waals surface area contributed by atoms with E-state index in [1.165, 1.54) is 0 Å². The van der Waals surface area contributed by atoms with Crippen molar-refractivity contribution in [1.29, 1.82) is 0 Å². The Kier molecular flexibility index (Phi) is 2.78. The van der Waals surface area contributed by atoms with E-state index >= 15 is 0 Å². The monoisotopic (exact) mass is 338 g/mol. The van der Waals surface area contributed by atoms with Crippen LogP contribution in [0.5, 0.6) is 0 Å². The van der Waals surface area contributed by atoms with Crippen LogP contribution in [0.2, 0.25) is 0 Å². The summed E-state index contributed by atoms with van der Waals surface area (Å²) in [5.41, 5.74) is 14.7. The van der Waals surface area contributed by atoms with Gasteiger partial charge >= 0.3 is 0 Å². The number of carbonyl (C=O) groups excluding carboxylic acids is 2. The number of anilines is 2. The van der Waals surface area contributed by atoms with Gasteiger partial charge in [-0.2, -0.15) is 0 Å². The van der Waals surface area contributed by atoms with Crippen LogP contribution in [-0.2, 0) is 0 Å². The van der Waals surface area contributed by atoms with E-state index in [1.807, 2.05) is 24.3 Å². The first-order valence-corrected chi connectivity index (χ1v) is 8.27. The molecule has 4 nitrogen and oxygen atoms in total. The molecule has 5 rings (SSSR count). The number of ketones is 2. The molecule has 0 aromatic heterocycles. The molecule has 124 valence electrons. The zero-order chi connectivity index (χ0) is 18.0. The molecule has 0 bridgehead atoms. The Bertz CT molecular complexity index is 1190. The van der Waals surface area contributed by atoms with E-state index in [9.17, 15) is 9.59 Å². The lowest BCUT2D eigenvalue weighted by Crippen LogP contribution is -2.21. The van der Waals surface area contributed by atoms with Crippen molar-refractivity contribution in [2.24, 2.45) is 0 Å². The van der Waals surface area contributed by atoms with Gasteiger partial charge in [0, 0.05) is 33.6 Å². The van der Waals surface area contributed by atoms with Crippen LogP contribution in [0.4, 0.5) is 11.4 Å². The fourth-order valence-corrected chi connectivity index (χ4v) is 3.67. The van der Waals surface area contributed by atoms with Crippen LogP contribution in [0.1, 0.15) is 31.8 Å². The Morgan fingerprint density at radius 2 is 0.808 bits per heavy atom. The van der Waals surface area contributed by atoms with Gasteiger partial charge in [0.2, 0.25) is 0 Å². The second kappa shape index (κ2) is 4.92. The minimum atomic E-state index is -0.150. The van der Waals surface area contributed by atoms with E-state index in [4.69, 9.17) is 11.5 Å².